The molecule has 0 saturated carbocycles. The average Bonchev–Trinajstić information content (AvgIpc) is 2.67. The number of nitroso groups, excluding NO2 is 1. The van der Waals surface area contributed by atoms with Gasteiger partial charge in [-0.1, -0.05) is 12.1 Å². The van der Waals surface area contributed by atoms with Crippen molar-refractivity contribution >= 4 is 22.0 Å². The summed E-state index contributed by atoms with van der Waals surface area (Å²) in [6.07, 6.45) is 1.02. The van der Waals surface area contributed by atoms with Gasteiger partial charge in [0.15, 0.2) is 6.29 Å². The fourth-order valence-electron chi connectivity index (χ4n) is 2.18. The first-order valence-corrected chi connectivity index (χ1v) is 9.18. The van der Waals surface area contributed by atoms with Crippen LogP contribution in [0.15, 0.2) is 52.5 Å². The minimum absolute atomic E-state index is 0.0993. The van der Waals surface area contributed by atoms with Gasteiger partial charge in [-0.25, -0.2) is 13.1 Å². The molecular formula is C17H18N2O6S. The lowest BCUT2D eigenvalue weighted by Crippen LogP contribution is -2.26. The van der Waals surface area contributed by atoms with Gasteiger partial charge in [0.1, 0.15) is 22.1 Å². The number of ether oxygens (including phenoxy) is 2. The zero-order valence-corrected chi connectivity index (χ0v) is 14.9. The lowest BCUT2D eigenvalue weighted by Gasteiger charge is -2.11. The van der Waals surface area contributed by atoms with Crippen molar-refractivity contribution in [3.8, 4) is 11.5 Å². The summed E-state index contributed by atoms with van der Waals surface area (Å²) in [6, 6.07) is 10.5. The lowest BCUT2D eigenvalue weighted by atomic mass is 10.2. The predicted molar refractivity (Wildman–Crippen MR) is 95.6 cm³/mol. The van der Waals surface area contributed by atoms with Crippen molar-refractivity contribution in [3.63, 3.8) is 0 Å². The first kappa shape index (κ1) is 19.5. The number of carbonyl (C=O) groups excluding carboxylic acids is 1. The Kier molecular flexibility index (Phi) is 6.81. The molecule has 0 spiro atoms. The molecule has 0 bridgehead atoms. The maximum absolute atomic E-state index is 12.2. The Hall–Kier alpha value is -2.78. The van der Waals surface area contributed by atoms with Crippen LogP contribution in [0.1, 0.15) is 16.8 Å². The molecule has 2 rings (SSSR count). The Morgan fingerprint density at radius 2 is 1.96 bits per heavy atom. The molecule has 0 atom stereocenters. The molecule has 2 aromatic rings. The molecule has 0 radical (unpaired) electrons. The normalized spacial score (nSPS) is 11.0. The summed E-state index contributed by atoms with van der Waals surface area (Å²) in [5, 5.41) is 2.72. The van der Waals surface area contributed by atoms with Crippen LogP contribution < -0.4 is 14.2 Å². The van der Waals surface area contributed by atoms with Crippen LogP contribution >= 0.6 is 0 Å². The molecule has 0 amide bonds. The summed E-state index contributed by atoms with van der Waals surface area (Å²) in [5.41, 5.74) is 0.195. The molecule has 2 aromatic carbocycles. The molecule has 26 heavy (non-hydrogen) atoms. The van der Waals surface area contributed by atoms with Crippen molar-refractivity contribution in [3.05, 3.63) is 52.9 Å². The van der Waals surface area contributed by atoms with E-state index < -0.39 is 10.0 Å². The highest BCUT2D eigenvalue weighted by Gasteiger charge is 2.18. The van der Waals surface area contributed by atoms with Crippen molar-refractivity contribution in [1.29, 1.82) is 0 Å². The van der Waals surface area contributed by atoms with Gasteiger partial charge in [0, 0.05) is 6.54 Å². The Morgan fingerprint density at radius 1 is 1.19 bits per heavy atom. The highest BCUT2D eigenvalue weighted by atomic mass is 32.2. The van der Waals surface area contributed by atoms with Crippen LogP contribution in [-0.2, 0) is 10.0 Å². The summed E-state index contributed by atoms with van der Waals surface area (Å²) >= 11 is 0. The zero-order valence-electron chi connectivity index (χ0n) is 14.0. The maximum Gasteiger partial charge on any atom is 0.242 e. The second-order valence-corrected chi connectivity index (χ2v) is 6.92. The second-order valence-electron chi connectivity index (χ2n) is 5.18. The van der Waals surface area contributed by atoms with E-state index >= 15 is 0 Å². The van der Waals surface area contributed by atoms with E-state index in [4.69, 9.17) is 9.47 Å². The largest absolute Gasteiger partial charge is 0.497 e. The first-order chi connectivity index (χ1) is 12.5. The van der Waals surface area contributed by atoms with E-state index in [1.165, 1.54) is 31.4 Å². The summed E-state index contributed by atoms with van der Waals surface area (Å²) in [5.74, 6) is 0.925. The SMILES string of the molecule is COc1ccc(OCCCNS(=O)(=O)c2ccccc2N=O)c(C=O)c1. The fourth-order valence-corrected chi connectivity index (χ4v) is 3.38. The summed E-state index contributed by atoms with van der Waals surface area (Å²) in [6.45, 7) is 0.297. The van der Waals surface area contributed by atoms with Gasteiger partial charge in [0.05, 0.1) is 19.3 Å². The number of sulfonamides is 1. The van der Waals surface area contributed by atoms with Crippen LogP contribution in [0, 0.1) is 4.91 Å². The van der Waals surface area contributed by atoms with Crippen LogP contribution in [0.3, 0.4) is 0 Å². The molecule has 1 N–H and O–H groups in total. The van der Waals surface area contributed by atoms with Gasteiger partial charge in [0.25, 0.3) is 0 Å². The highest BCUT2D eigenvalue weighted by Crippen LogP contribution is 2.24. The van der Waals surface area contributed by atoms with Gasteiger partial charge in [0.2, 0.25) is 10.0 Å². The van der Waals surface area contributed by atoms with Crippen LogP contribution in [-0.4, -0.2) is 35.0 Å². The molecule has 0 heterocycles. The van der Waals surface area contributed by atoms with Crippen molar-refractivity contribution in [2.45, 2.75) is 11.3 Å². The van der Waals surface area contributed by atoms with E-state index in [9.17, 15) is 18.1 Å². The van der Waals surface area contributed by atoms with Crippen molar-refractivity contribution in [2.24, 2.45) is 5.18 Å². The monoisotopic (exact) mass is 378 g/mol. The number of hydrogen-bond donors (Lipinski definition) is 1. The van der Waals surface area contributed by atoms with E-state index in [1.807, 2.05) is 0 Å². The molecule has 9 heteroatoms. The smallest absolute Gasteiger partial charge is 0.242 e. The first-order valence-electron chi connectivity index (χ1n) is 7.70. The molecule has 0 aliphatic rings. The molecule has 0 aliphatic carbocycles. The third-order valence-corrected chi connectivity index (χ3v) is 4.98. The Balaban J connectivity index is 1.89. The van der Waals surface area contributed by atoms with Gasteiger partial charge in [-0.2, -0.15) is 0 Å². The molecular weight excluding hydrogens is 360 g/mol. The van der Waals surface area contributed by atoms with E-state index in [0.29, 0.717) is 29.8 Å². The summed E-state index contributed by atoms with van der Waals surface area (Å²) in [7, 11) is -2.35. The molecule has 8 nitrogen and oxygen atoms in total. The topological polar surface area (TPSA) is 111 Å². The third-order valence-electron chi connectivity index (χ3n) is 3.47. The average molecular weight is 378 g/mol. The fraction of sp³-hybridized carbons (Fsp3) is 0.235. The number of carbonyl (C=O) groups is 1. The molecule has 0 fully saturated rings. The number of hydrogen-bond acceptors (Lipinski definition) is 7. The third kappa shape index (κ3) is 4.87. The standard InChI is InChI=1S/C17H18N2O6S/c1-24-14-7-8-16(13(11-14)12-20)25-10-4-9-18-26(22,23)17-6-3-2-5-15(17)19-21/h2-3,5-8,11-12,18H,4,9-10H2,1H3. The molecule has 138 valence electrons. The van der Waals surface area contributed by atoms with Crippen LogP contribution in [0.2, 0.25) is 0 Å². The Morgan fingerprint density at radius 3 is 2.65 bits per heavy atom. The molecule has 0 aliphatic heterocycles. The van der Waals surface area contributed by atoms with Crippen LogP contribution in [0.25, 0.3) is 0 Å². The van der Waals surface area contributed by atoms with Gasteiger partial charge in [-0.3, -0.25) is 4.79 Å². The number of aldehydes is 1. The van der Waals surface area contributed by atoms with Crippen molar-refractivity contribution < 1.29 is 22.7 Å². The van der Waals surface area contributed by atoms with E-state index in [1.54, 1.807) is 18.2 Å². The van der Waals surface area contributed by atoms with Gasteiger partial charge >= 0.3 is 0 Å². The van der Waals surface area contributed by atoms with E-state index in [2.05, 4.69) is 9.90 Å². The van der Waals surface area contributed by atoms with E-state index in [-0.39, 0.29) is 23.7 Å². The second kappa shape index (κ2) is 9.07. The van der Waals surface area contributed by atoms with Crippen LogP contribution in [0.4, 0.5) is 5.69 Å². The quantitative estimate of drug-likeness (QED) is 0.386. The molecule has 0 unspecified atom stereocenters. The minimum atomic E-state index is -3.84. The van der Waals surface area contributed by atoms with Gasteiger partial charge < -0.3 is 9.47 Å². The number of rotatable bonds is 10. The lowest BCUT2D eigenvalue weighted by molar-refractivity contribution is 0.111. The zero-order chi connectivity index (χ0) is 19.0. The highest BCUT2D eigenvalue weighted by molar-refractivity contribution is 7.89. The Labute approximate surface area is 151 Å². The van der Waals surface area contributed by atoms with E-state index in [0.717, 1.165) is 0 Å². The van der Waals surface area contributed by atoms with Crippen LogP contribution in [0.5, 0.6) is 11.5 Å². The van der Waals surface area contributed by atoms with Crippen molar-refractivity contribution in [2.75, 3.05) is 20.3 Å². The number of methoxy groups -OCH3 is 1. The number of benzene rings is 2. The number of nitrogens with one attached hydrogen (secondary N) is 1. The number of nitrogens with zero attached hydrogens (tertiary/aromatic N) is 1. The van der Waals surface area contributed by atoms with Gasteiger partial charge in [-0.15, -0.1) is 4.91 Å². The minimum Gasteiger partial charge on any atom is -0.497 e. The Bertz CT molecular complexity index is 883. The van der Waals surface area contributed by atoms with Crippen molar-refractivity contribution in [1.82, 2.24) is 4.72 Å². The molecule has 0 aromatic heterocycles. The van der Waals surface area contributed by atoms with Gasteiger partial charge in [-0.05, 0) is 41.9 Å². The summed E-state index contributed by atoms with van der Waals surface area (Å²) in [4.78, 5) is 21.6. The molecule has 0 saturated heterocycles. The predicted octanol–water partition coefficient (Wildman–Crippen LogP) is 2.65. The summed E-state index contributed by atoms with van der Waals surface area (Å²) < 4.78 is 37.3. The maximum atomic E-state index is 12.2.